The van der Waals surface area contributed by atoms with Crippen LogP contribution in [0.15, 0.2) is 42.5 Å². The van der Waals surface area contributed by atoms with Crippen molar-refractivity contribution in [2.24, 2.45) is 5.92 Å². The van der Waals surface area contributed by atoms with Gasteiger partial charge >= 0.3 is 5.97 Å². The molecule has 2 unspecified atom stereocenters. The first-order valence-corrected chi connectivity index (χ1v) is 10.9. The Balaban J connectivity index is 1.55. The molecule has 2 heterocycles. The Morgan fingerprint density at radius 3 is 2.75 bits per heavy atom. The van der Waals surface area contributed by atoms with Gasteiger partial charge in [0.1, 0.15) is 6.61 Å². The average molecular weight is 485 g/mol. The molecule has 0 aliphatic carbocycles. The molecule has 0 spiro atoms. The number of hydrogen-bond acceptors (Lipinski definition) is 3. The monoisotopic (exact) mass is 485 g/mol. The summed E-state index contributed by atoms with van der Waals surface area (Å²) in [6.45, 7) is 2.38. The van der Waals surface area contributed by atoms with Gasteiger partial charge in [0.15, 0.2) is 0 Å². The fourth-order valence-corrected chi connectivity index (χ4v) is 5.23. The van der Waals surface area contributed by atoms with Gasteiger partial charge in [-0.15, -0.1) is 6.42 Å². The molecule has 28 heavy (non-hydrogen) atoms. The highest BCUT2D eigenvalue weighted by Gasteiger charge is 2.46. The van der Waals surface area contributed by atoms with Crippen LogP contribution in [0.2, 0.25) is 0 Å². The molecule has 144 valence electrons. The van der Waals surface area contributed by atoms with Gasteiger partial charge in [-0.25, -0.2) is 0 Å². The number of aryl methyl sites for hydroxylation is 1. The lowest BCUT2D eigenvalue weighted by molar-refractivity contribution is -0.152. The molecule has 2 aromatic carbocycles. The number of esters is 1. The summed E-state index contributed by atoms with van der Waals surface area (Å²) in [6, 6.07) is 15.0. The zero-order chi connectivity index (χ0) is 19.7. The van der Waals surface area contributed by atoms with Crippen LogP contribution < -0.4 is 5.32 Å². The lowest BCUT2D eigenvalue weighted by Gasteiger charge is -2.36. The van der Waals surface area contributed by atoms with Crippen molar-refractivity contribution in [1.82, 2.24) is 5.32 Å². The fourth-order valence-electron chi connectivity index (χ4n) is 4.54. The van der Waals surface area contributed by atoms with Crippen molar-refractivity contribution in [3.05, 3.63) is 68.3 Å². The van der Waals surface area contributed by atoms with Crippen LogP contribution in [-0.2, 0) is 16.1 Å². The van der Waals surface area contributed by atoms with Crippen molar-refractivity contribution < 1.29 is 9.53 Å². The maximum Gasteiger partial charge on any atom is 0.311 e. The number of carbonyl (C=O) groups excluding carboxylic acids is 1. The van der Waals surface area contributed by atoms with Crippen molar-refractivity contribution in [2.45, 2.75) is 50.8 Å². The van der Waals surface area contributed by atoms with Crippen LogP contribution in [0.25, 0.3) is 0 Å². The molecule has 2 bridgehead atoms. The Kier molecular flexibility index (Phi) is 5.75. The van der Waals surface area contributed by atoms with E-state index in [0.717, 1.165) is 34.0 Å². The first-order valence-electron chi connectivity index (χ1n) is 9.79. The molecule has 2 saturated heterocycles. The van der Waals surface area contributed by atoms with Gasteiger partial charge in [-0.2, -0.15) is 0 Å². The van der Waals surface area contributed by atoms with E-state index in [0.29, 0.717) is 12.6 Å². The molecule has 1 N–H and O–H groups in total. The predicted molar refractivity (Wildman–Crippen MR) is 119 cm³/mol. The van der Waals surface area contributed by atoms with Crippen molar-refractivity contribution in [3.8, 4) is 12.3 Å². The van der Waals surface area contributed by atoms with Gasteiger partial charge in [-0.05, 0) is 72.0 Å². The minimum absolute atomic E-state index is 0.0977. The Hall–Kier alpha value is -1.84. The number of benzene rings is 2. The summed E-state index contributed by atoms with van der Waals surface area (Å²) in [5, 5.41) is 3.63. The van der Waals surface area contributed by atoms with Crippen LogP contribution in [0.4, 0.5) is 0 Å². The zero-order valence-electron chi connectivity index (χ0n) is 16.0. The first kappa shape index (κ1) is 19.5. The molecule has 0 amide bonds. The van der Waals surface area contributed by atoms with E-state index < -0.39 is 0 Å². The van der Waals surface area contributed by atoms with Crippen LogP contribution >= 0.6 is 22.6 Å². The molecule has 0 aromatic heterocycles. The van der Waals surface area contributed by atoms with Crippen molar-refractivity contribution >= 4 is 28.6 Å². The molecule has 2 fully saturated rings. The third kappa shape index (κ3) is 3.97. The van der Waals surface area contributed by atoms with Gasteiger partial charge in [0.2, 0.25) is 0 Å². The fraction of sp³-hybridized carbons (Fsp3) is 0.375. The number of terminal acetylenes is 1. The summed E-state index contributed by atoms with van der Waals surface area (Å²) < 4.78 is 6.84. The van der Waals surface area contributed by atoms with Crippen molar-refractivity contribution in [3.63, 3.8) is 0 Å². The number of carbonyl (C=O) groups is 1. The van der Waals surface area contributed by atoms with E-state index in [-0.39, 0.29) is 23.8 Å². The van der Waals surface area contributed by atoms with Gasteiger partial charge in [0.05, 0.1) is 5.92 Å². The normalized spacial score (nSPS) is 25.9. The Morgan fingerprint density at radius 2 is 2.04 bits per heavy atom. The summed E-state index contributed by atoms with van der Waals surface area (Å²) in [5.41, 5.74) is 4.32. The molecular weight excluding hydrogens is 461 g/mol. The van der Waals surface area contributed by atoms with Crippen LogP contribution in [0.3, 0.4) is 0 Å². The second-order valence-electron chi connectivity index (χ2n) is 7.89. The summed E-state index contributed by atoms with van der Waals surface area (Å²) in [4.78, 5) is 13.1. The van der Waals surface area contributed by atoms with E-state index in [4.69, 9.17) is 11.2 Å². The van der Waals surface area contributed by atoms with Crippen LogP contribution in [0, 0.1) is 28.8 Å². The zero-order valence-corrected chi connectivity index (χ0v) is 18.1. The predicted octanol–water partition coefficient (Wildman–Crippen LogP) is 4.55. The highest BCUT2D eigenvalue weighted by atomic mass is 127. The minimum atomic E-state index is -0.156. The van der Waals surface area contributed by atoms with Crippen molar-refractivity contribution in [2.75, 3.05) is 0 Å². The van der Waals surface area contributed by atoms with E-state index in [1.807, 2.05) is 30.3 Å². The van der Waals surface area contributed by atoms with Gasteiger partial charge in [-0.1, -0.05) is 41.8 Å². The van der Waals surface area contributed by atoms with Crippen LogP contribution in [0.5, 0.6) is 0 Å². The maximum absolute atomic E-state index is 13.1. The Morgan fingerprint density at radius 1 is 1.25 bits per heavy atom. The lowest BCUT2D eigenvalue weighted by Crippen LogP contribution is -2.48. The van der Waals surface area contributed by atoms with Gasteiger partial charge in [-0.3, -0.25) is 4.79 Å². The molecule has 4 atom stereocenters. The highest BCUT2D eigenvalue weighted by molar-refractivity contribution is 14.1. The third-order valence-electron chi connectivity index (χ3n) is 6.03. The number of ether oxygens (including phenoxy) is 1. The summed E-state index contributed by atoms with van der Waals surface area (Å²) in [6.07, 6.45) is 8.70. The maximum atomic E-state index is 13.1. The Labute approximate surface area is 180 Å². The van der Waals surface area contributed by atoms with Gasteiger partial charge in [0, 0.05) is 27.1 Å². The molecule has 4 rings (SSSR count). The second-order valence-corrected chi connectivity index (χ2v) is 9.05. The molecule has 3 nitrogen and oxygen atoms in total. The van der Waals surface area contributed by atoms with Crippen LogP contribution in [0.1, 0.15) is 47.4 Å². The largest absolute Gasteiger partial charge is 0.461 e. The van der Waals surface area contributed by atoms with Crippen LogP contribution in [-0.4, -0.2) is 18.1 Å². The number of halogens is 1. The number of nitrogens with one attached hydrogen (secondary N) is 1. The van der Waals surface area contributed by atoms with E-state index in [1.54, 1.807) is 0 Å². The Bertz CT molecular complexity index is 915. The number of rotatable bonds is 4. The van der Waals surface area contributed by atoms with E-state index in [9.17, 15) is 4.79 Å². The second kappa shape index (κ2) is 8.26. The first-order chi connectivity index (χ1) is 13.5. The lowest BCUT2D eigenvalue weighted by atomic mass is 9.77. The van der Waals surface area contributed by atoms with E-state index in [2.05, 4.69) is 52.9 Å². The van der Waals surface area contributed by atoms with Crippen molar-refractivity contribution in [1.29, 1.82) is 0 Å². The summed E-state index contributed by atoms with van der Waals surface area (Å²) >= 11 is 2.29. The van der Waals surface area contributed by atoms with E-state index >= 15 is 0 Å². The summed E-state index contributed by atoms with van der Waals surface area (Å²) in [5.74, 6) is 2.64. The van der Waals surface area contributed by atoms with Gasteiger partial charge in [0.25, 0.3) is 0 Å². The average Bonchev–Trinajstić information content (AvgIpc) is 3.08. The topological polar surface area (TPSA) is 38.3 Å². The summed E-state index contributed by atoms with van der Waals surface area (Å²) in [7, 11) is 0. The smallest absolute Gasteiger partial charge is 0.311 e. The quantitative estimate of drug-likeness (QED) is 0.393. The molecule has 2 aromatic rings. The number of hydrogen-bond donors (Lipinski definition) is 1. The molecule has 0 radical (unpaired) electrons. The third-order valence-corrected chi connectivity index (χ3v) is 6.92. The van der Waals surface area contributed by atoms with Gasteiger partial charge < -0.3 is 10.1 Å². The molecule has 4 heteroatoms. The molecule has 2 aliphatic rings. The SMILES string of the molecule is C#Cc1ccc([C@H]2C[C@H]3CCC(N3)C2C(=O)OCc2ccc(C)cc2)cc1I. The number of piperidine rings is 1. The highest BCUT2D eigenvalue weighted by Crippen LogP contribution is 2.43. The molecule has 2 aliphatic heterocycles. The number of fused-ring (bicyclic) bond motifs is 2. The molecular formula is C24H24INO2. The minimum Gasteiger partial charge on any atom is -0.461 e. The standard InChI is InChI=1S/C24H24INO2/c1-3-17-8-9-18(12-21(17)25)20-13-19-10-11-22(26-19)23(20)24(27)28-14-16-6-4-15(2)5-7-16/h1,4-9,12,19-20,22-23,26H,10-11,13-14H2,2H3/t19-,20-,22?,23?/m1/s1. The molecule has 0 saturated carbocycles. The van der Waals surface area contributed by atoms with E-state index in [1.165, 1.54) is 11.1 Å².